The van der Waals surface area contributed by atoms with Gasteiger partial charge in [0.1, 0.15) is 5.82 Å². The molecule has 3 aromatic rings. The normalized spacial score (nSPS) is 11.5. The van der Waals surface area contributed by atoms with Crippen molar-refractivity contribution in [2.75, 3.05) is 5.32 Å². The number of rotatable bonds is 7. The van der Waals surface area contributed by atoms with Crippen molar-refractivity contribution in [2.45, 2.75) is 20.3 Å². The summed E-state index contributed by atoms with van der Waals surface area (Å²) in [6.07, 6.45) is 8.75. The summed E-state index contributed by atoms with van der Waals surface area (Å²) in [5, 5.41) is 17.7. The van der Waals surface area contributed by atoms with Crippen molar-refractivity contribution in [3.63, 3.8) is 0 Å². The molecule has 150 valence electrons. The van der Waals surface area contributed by atoms with Gasteiger partial charge in [-0.1, -0.05) is 18.2 Å². The fraction of sp³-hybridized carbons (Fsp3) is 0.130. The van der Waals surface area contributed by atoms with Crippen LogP contribution in [0.15, 0.2) is 71.3 Å². The number of carbonyl (C=O) groups excluding carboxylic acids is 1. The van der Waals surface area contributed by atoms with Gasteiger partial charge in [-0.15, -0.1) is 0 Å². The van der Waals surface area contributed by atoms with Crippen molar-refractivity contribution in [2.24, 2.45) is 10.2 Å². The van der Waals surface area contributed by atoms with E-state index in [9.17, 15) is 4.79 Å². The number of nitrogens with zero attached hydrogens (tertiary/aromatic N) is 5. The molecule has 2 aromatic heterocycles. The minimum absolute atomic E-state index is 0.121. The van der Waals surface area contributed by atoms with Gasteiger partial charge in [0.15, 0.2) is 0 Å². The molecule has 0 spiro atoms. The van der Waals surface area contributed by atoms with Crippen molar-refractivity contribution in [1.82, 2.24) is 15.2 Å². The van der Waals surface area contributed by atoms with E-state index >= 15 is 0 Å². The Morgan fingerprint density at radius 1 is 1.17 bits per heavy atom. The molecule has 3 rings (SSSR count). The number of aromatic nitrogens is 3. The zero-order valence-corrected chi connectivity index (χ0v) is 16.9. The van der Waals surface area contributed by atoms with Gasteiger partial charge < -0.3 is 5.32 Å². The van der Waals surface area contributed by atoms with E-state index in [2.05, 4.69) is 37.4 Å². The van der Waals surface area contributed by atoms with E-state index in [1.165, 1.54) is 0 Å². The lowest BCUT2D eigenvalue weighted by molar-refractivity contribution is -0.115. The zero-order chi connectivity index (χ0) is 21.3. The van der Waals surface area contributed by atoms with E-state index in [0.717, 1.165) is 33.4 Å². The van der Waals surface area contributed by atoms with Crippen LogP contribution in [0.1, 0.15) is 23.6 Å². The van der Waals surface area contributed by atoms with Crippen molar-refractivity contribution in [1.29, 1.82) is 0 Å². The Hall–Kier alpha value is -4.00. The second-order valence-corrected chi connectivity index (χ2v) is 6.69. The summed E-state index contributed by atoms with van der Waals surface area (Å²) in [5.41, 5.74) is 5.99. The predicted molar refractivity (Wildman–Crippen MR) is 120 cm³/mol. The molecule has 0 atom stereocenters. The van der Waals surface area contributed by atoms with Crippen LogP contribution < -0.4 is 5.32 Å². The minimum Gasteiger partial charge on any atom is -0.310 e. The first-order chi connectivity index (χ1) is 14.6. The van der Waals surface area contributed by atoms with Crippen LogP contribution in [0.3, 0.4) is 0 Å². The molecule has 1 aromatic carbocycles. The van der Waals surface area contributed by atoms with Gasteiger partial charge in [-0.05, 0) is 65.9 Å². The standard InChI is InChI=1S/C23H22N6O/c1-16(8-10-26-24-3)19-5-7-22(25-14-19)29-23(30)13-18-4-6-21(17(2)12-18)20-9-11-27-28-15-20/h4-12,14-15H,3,13H2,1-2H3,(H,25,29,30)/b16-8+,26-10-. The topological polar surface area (TPSA) is 92.5 Å². The van der Waals surface area contributed by atoms with E-state index < -0.39 is 0 Å². The highest BCUT2D eigenvalue weighted by Crippen LogP contribution is 2.23. The van der Waals surface area contributed by atoms with E-state index in [1.807, 2.05) is 50.3 Å². The third-order valence-corrected chi connectivity index (χ3v) is 4.51. The largest absolute Gasteiger partial charge is 0.310 e. The molecule has 0 saturated carbocycles. The lowest BCUT2D eigenvalue weighted by Gasteiger charge is -2.09. The minimum atomic E-state index is -0.121. The number of nitrogens with one attached hydrogen (secondary N) is 1. The van der Waals surface area contributed by atoms with Gasteiger partial charge in [0.2, 0.25) is 5.91 Å². The molecule has 0 aliphatic heterocycles. The number of amides is 1. The molecule has 0 fully saturated rings. The van der Waals surface area contributed by atoms with Gasteiger partial charge in [0.05, 0.1) is 18.8 Å². The van der Waals surface area contributed by atoms with E-state index in [1.54, 1.807) is 30.9 Å². The summed E-state index contributed by atoms with van der Waals surface area (Å²) in [6, 6.07) is 11.6. The number of hydrogen-bond acceptors (Lipinski definition) is 6. The molecular formula is C23H22N6O. The molecule has 0 saturated heterocycles. The Labute approximate surface area is 175 Å². The second-order valence-electron chi connectivity index (χ2n) is 6.69. The molecule has 0 unspecified atom stereocenters. The maximum Gasteiger partial charge on any atom is 0.229 e. The summed E-state index contributed by atoms with van der Waals surface area (Å²) in [7, 11) is 0. The van der Waals surface area contributed by atoms with Gasteiger partial charge in [0, 0.05) is 24.7 Å². The van der Waals surface area contributed by atoms with E-state index in [-0.39, 0.29) is 12.3 Å². The maximum atomic E-state index is 12.4. The van der Waals surface area contributed by atoms with Gasteiger partial charge in [-0.3, -0.25) is 4.79 Å². The molecular weight excluding hydrogens is 376 g/mol. The Kier molecular flexibility index (Phi) is 6.89. The quantitative estimate of drug-likeness (QED) is 0.479. The summed E-state index contributed by atoms with van der Waals surface area (Å²) >= 11 is 0. The summed E-state index contributed by atoms with van der Waals surface area (Å²) in [4.78, 5) is 16.7. The second kappa shape index (κ2) is 9.97. The van der Waals surface area contributed by atoms with Gasteiger partial charge in [-0.2, -0.15) is 20.4 Å². The number of aryl methyl sites for hydroxylation is 1. The molecule has 7 heteroatoms. The first-order valence-electron chi connectivity index (χ1n) is 9.35. The van der Waals surface area contributed by atoms with Crippen LogP contribution in [-0.4, -0.2) is 34.0 Å². The van der Waals surface area contributed by atoms with Crippen LogP contribution in [0.25, 0.3) is 16.7 Å². The summed E-state index contributed by atoms with van der Waals surface area (Å²) in [5.74, 6) is 0.388. The highest BCUT2D eigenvalue weighted by molar-refractivity contribution is 5.91. The Balaban J connectivity index is 1.63. The van der Waals surface area contributed by atoms with Crippen molar-refractivity contribution < 1.29 is 4.79 Å². The van der Waals surface area contributed by atoms with Crippen molar-refractivity contribution in [3.8, 4) is 11.1 Å². The molecule has 0 aliphatic carbocycles. The van der Waals surface area contributed by atoms with Crippen LogP contribution in [0.5, 0.6) is 0 Å². The smallest absolute Gasteiger partial charge is 0.229 e. The fourth-order valence-corrected chi connectivity index (χ4v) is 2.97. The van der Waals surface area contributed by atoms with Crippen molar-refractivity contribution in [3.05, 3.63) is 77.8 Å². The summed E-state index contributed by atoms with van der Waals surface area (Å²) < 4.78 is 0. The Bertz CT molecular complexity index is 1090. The average molecular weight is 398 g/mol. The zero-order valence-electron chi connectivity index (χ0n) is 16.9. The average Bonchev–Trinajstić information content (AvgIpc) is 2.75. The molecule has 30 heavy (non-hydrogen) atoms. The van der Waals surface area contributed by atoms with Crippen LogP contribution in [-0.2, 0) is 11.2 Å². The van der Waals surface area contributed by atoms with Crippen LogP contribution in [0.4, 0.5) is 5.82 Å². The molecule has 0 bridgehead atoms. The van der Waals surface area contributed by atoms with Crippen LogP contribution in [0, 0.1) is 6.92 Å². The molecule has 7 nitrogen and oxygen atoms in total. The van der Waals surface area contributed by atoms with Crippen molar-refractivity contribution >= 4 is 30.2 Å². The maximum absolute atomic E-state index is 12.4. The molecule has 0 aliphatic rings. The predicted octanol–water partition coefficient (Wildman–Crippen LogP) is 4.12. The molecule has 2 heterocycles. The highest BCUT2D eigenvalue weighted by Gasteiger charge is 2.08. The summed E-state index contributed by atoms with van der Waals surface area (Å²) in [6.45, 7) is 7.25. The first-order valence-corrected chi connectivity index (χ1v) is 9.35. The first kappa shape index (κ1) is 20.7. The lowest BCUT2D eigenvalue weighted by atomic mass is 9.99. The van der Waals surface area contributed by atoms with Crippen LogP contribution in [0.2, 0.25) is 0 Å². The van der Waals surface area contributed by atoms with Gasteiger partial charge in [0.25, 0.3) is 0 Å². The number of hydrogen-bond donors (Lipinski definition) is 1. The Morgan fingerprint density at radius 2 is 2.03 bits per heavy atom. The third kappa shape index (κ3) is 5.51. The Morgan fingerprint density at radius 3 is 2.70 bits per heavy atom. The fourth-order valence-electron chi connectivity index (χ4n) is 2.97. The number of carbonyl (C=O) groups is 1. The molecule has 1 amide bonds. The molecule has 1 N–H and O–H groups in total. The number of benzene rings is 1. The SMILES string of the molecule is C=N/N=C\C=C(/C)c1ccc(NC(=O)Cc2ccc(-c3ccnnc3)c(C)c2)nc1. The third-order valence-electron chi connectivity index (χ3n) is 4.51. The highest BCUT2D eigenvalue weighted by atomic mass is 16.1. The lowest BCUT2D eigenvalue weighted by Crippen LogP contribution is -2.15. The number of allylic oxidation sites excluding steroid dienone is 2. The number of pyridine rings is 1. The van der Waals surface area contributed by atoms with Gasteiger partial charge in [-0.25, -0.2) is 4.98 Å². The van der Waals surface area contributed by atoms with Crippen LogP contribution >= 0.6 is 0 Å². The van der Waals surface area contributed by atoms with Gasteiger partial charge >= 0.3 is 0 Å². The van der Waals surface area contributed by atoms with E-state index in [4.69, 9.17) is 0 Å². The number of anilines is 1. The molecule has 0 radical (unpaired) electrons. The van der Waals surface area contributed by atoms with E-state index in [0.29, 0.717) is 5.82 Å². The monoisotopic (exact) mass is 398 g/mol.